The van der Waals surface area contributed by atoms with Gasteiger partial charge in [0.2, 0.25) is 5.91 Å². The number of ether oxygens (including phenoxy) is 2. The van der Waals surface area contributed by atoms with Gasteiger partial charge in [-0.15, -0.1) is 0 Å². The zero-order chi connectivity index (χ0) is 20.1. The Morgan fingerprint density at radius 3 is 2.68 bits per heavy atom. The highest BCUT2D eigenvalue weighted by Gasteiger charge is 2.25. The smallest absolute Gasteiger partial charge is 0.265 e. The second kappa shape index (κ2) is 8.78. The van der Waals surface area contributed by atoms with Crippen molar-refractivity contribution in [3.8, 4) is 11.5 Å². The number of benzene rings is 2. The van der Waals surface area contributed by atoms with Crippen molar-refractivity contribution in [1.29, 1.82) is 0 Å². The van der Waals surface area contributed by atoms with Gasteiger partial charge in [-0.05, 0) is 54.8 Å². The molecule has 1 aliphatic heterocycles. The van der Waals surface area contributed by atoms with E-state index in [0.29, 0.717) is 30.5 Å². The molecule has 1 aliphatic rings. The number of fused-ring (bicyclic) bond motifs is 1. The van der Waals surface area contributed by atoms with Crippen molar-refractivity contribution >= 4 is 23.2 Å². The molecule has 2 aromatic rings. The van der Waals surface area contributed by atoms with E-state index in [1.807, 2.05) is 49.4 Å². The average molecular weight is 382 g/mol. The molecule has 0 radical (unpaired) electrons. The number of hydrogen-bond acceptors (Lipinski definition) is 4. The predicted octanol–water partition coefficient (Wildman–Crippen LogP) is 3.78. The number of amides is 2. The third-order valence-corrected chi connectivity index (χ3v) is 4.34. The lowest BCUT2D eigenvalue weighted by molar-refractivity contribution is -0.121. The highest BCUT2D eigenvalue weighted by atomic mass is 16.5. The summed E-state index contributed by atoms with van der Waals surface area (Å²) in [7, 11) is 0. The Kier molecular flexibility index (Phi) is 6.19. The fourth-order valence-corrected chi connectivity index (χ4v) is 2.89. The van der Waals surface area contributed by atoms with Crippen LogP contribution in [0.3, 0.4) is 0 Å². The fraction of sp³-hybridized carbons (Fsp3) is 0.364. The molecular weight excluding hydrogens is 356 g/mol. The maximum absolute atomic E-state index is 12.3. The third kappa shape index (κ3) is 5.03. The minimum atomic E-state index is -0.149. The van der Waals surface area contributed by atoms with Crippen LogP contribution >= 0.6 is 0 Å². The minimum Gasteiger partial charge on any atom is -0.493 e. The van der Waals surface area contributed by atoms with E-state index in [1.54, 1.807) is 4.90 Å². The molecule has 6 heteroatoms. The monoisotopic (exact) mass is 382 g/mol. The first-order valence-corrected chi connectivity index (χ1v) is 9.49. The molecule has 0 aliphatic carbocycles. The van der Waals surface area contributed by atoms with Gasteiger partial charge in [0.1, 0.15) is 11.5 Å². The first kappa shape index (κ1) is 19.7. The standard InChI is InChI=1S/C22H26N2O4/c1-15(2)13-27-18-7-5-17(6-8-18)23-21(25)10-11-24-19-12-16(3)4-9-20(19)28-14-22(24)26/h4-9,12,15H,10-11,13-14H2,1-3H3,(H,23,25). The molecule has 1 N–H and O–H groups in total. The summed E-state index contributed by atoms with van der Waals surface area (Å²) in [6.45, 7) is 7.09. The SMILES string of the molecule is Cc1ccc2c(c1)N(CCC(=O)Nc1ccc(OCC(C)C)cc1)C(=O)CO2. The Balaban J connectivity index is 1.56. The second-order valence-electron chi connectivity index (χ2n) is 7.33. The number of rotatable bonds is 7. The number of carbonyl (C=O) groups is 2. The van der Waals surface area contributed by atoms with E-state index in [4.69, 9.17) is 9.47 Å². The third-order valence-electron chi connectivity index (χ3n) is 4.34. The summed E-state index contributed by atoms with van der Waals surface area (Å²) in [5, 5.41) is 2.86. The Hall–Kier alpha value is -3.02. The van der Waals surface area contributed by atoms with E-state index in [2.05, 4.69) is 19.2 Å². The molecule has 0 fully saturated rings. The van der Waals surface area contributed by atoms with E-state index >= 15 is 0 Å². The predicted molar refractivity (Wildman–Crippen MR) is 109 cm³/mol. The van der Waals surface area contributed by atoms with Crippen molar-refractivity contribution < 1.29 is 19.1 Å². The lowest BCUT2D eigenvalue weighted by Crippen LogP contribution is -2.40. The van der Waals surface area contributed by atoms with Crippen molar-refractivity contribution in [2.45, 2.75) is 27.2 Å². The molecule has 1 heterocycles. The van der Waals surface area contributed by atoms with Crippen LogP contribution in [0.25, 0.3) is 0 Å². The first-order chi connectivity index (χ1) is 13.4. The normalized spacial score (nSPS) is 13.1. The number of anilines is 2. The molecule has 0 unspecified atom stereocenters. The van der Waals surface area contributed by atoms with E-state index in [9.17, 15) is 9.59 Å². The molecule has 0 aromatic heterocycles. The Labute approximate surface area is 165 Å². The summed E-state index contributed by atoms with van der Waals surface area (Å²) in [6.07, 6.45) is 0.199. The Morgan fingerprint density at radius 2 is 1.96 bits per heavy atom. The van der Waals surface area contributed by atoms with Crippen LogP contribution in [0.15, 0.2) is 42.5 Å². The maximum atomic E-state index is 12.3. The van der Waals surface area contributed by atoms with E-state index in [0.717, 1.165) is 17.0 Å². The molecule has 28 heavy (non-hydrogen) atoms. The van der Waals surface area contributed by atoms with Crippen LogP contribution < -0.4 is 19.7 Å². The first-order valence-electron chi connectivity index (χ1n) is 9.49. The molecule has 0 saturated carbocycles. The van der Waals surface area contributed by atoms with Gasteiger partial charge in [0.15, 0.2) is 6.61 Å². The van der Waals surface area contributed by atoms with Crippen molar-refractivity contribution in [3.05, 3.63) is 48.0 Å². The minimum absolute atomic E-state index is 0.00445. The summed E-state index contributed by atoms with van der Waals surface area (Å²) < 4.78 is 11.1. The number of nitrogens with zero attached hydrogens (tertiary/aromatic N) is 1. The van der Waals surface area contributed by atoms with Crippen LogP contribution in [-0.4, -0.2) is 31.6 Å². The van der Waals surface area contributed by atoms with Crippen molar-refractivity contribution in [3.63, 3.8) is 0 Å². The summed E-state index contributed by atoms with van der Waals surface area (Å²) in [6, 6.07) is 13.0. The maximum Gasteiger partial charge on any atom is 0.265 e. The van der Waals surface area contributed by atoms with Crippen LogP contribution in [0.1, 0.15) is 25.8 Å². The second-order valence-corrected chi connectivity index (χ2v) is 7.33. The van der Waals surface area contributed by atoms with Crippen LogP contribution in [0.4, 0.5) is 11.4 Å². The fourth-order valence-electron chi connectivity index (χ4n) is 2.89. The van der Waals surface area contributed by atoms with Gasteiger partial charge in [-0.1, -0.05) is 19.9 Å². The largest absolute Gasteiger partial charge is 0.493 e. The molecule has 3 rings (SSSR count). The number of carbonyl (C=O) groups excluding carboxylic acids is 2. The van der Waals surface area contributed by atoms with Gasteiger partial charge in [0.05, 0.1) is 12.3 Å². The van der Waals surface area contributed by atoms with Gasteiger partial charge < -0.3 is 19.7 Å². The molecule has 148 valence electrons. The van der Waals surface area contributed by atoms with E-state index in [1.165, 1.54) is 0 Å². The van der Waals surface area contributed by atoms with Gasteiger partial charge in [0.25, 0.3) is 5.91 Å². The molecule has 0 atom stereocenters. The Morgan fingerprint density at radius 1 is 1.21 bits per heavy atom. The summed E-state index contributed by atoms with van der Waals surface area (Å²) in [5.41, 5.74) is 2.45. The highest BCUT2D eigenvalue weighted by Crippen LogP contribution is 2.32. The topological polar surface area (TPSA) is 67.9 Å². The number of nitrogens with one attached hydrogen (secondary N) is 1. The van der Waals surface area contributed by atoms with Crippen molar-refractivity contribution in [2.75, 3.05) is 30.0 Å². The zero-order valence-corrected chi connectivity index (χ0v) is 16.5. The lowest BCUT2D eigenvalue weighted by Gasteiger charge is -2.29. The van der Waals surface area contributed by atoms with Crippen LogP contribution in [0.2, 0.25) is 0 Å². The van der Waals surface area contributed by atoms with Gasteiger partial charge in [-0.2, -0.15) is 0 Å². The molecule has 6 nitrogen and oxygen atoms in total. The summed E-state index contributed by atoms with van der Waals surface area (Å²) in [4.78, 5) is 26.2. The highest BCUT2D eigenvalue weighted by molar-refractivity contribution is 5.99. The van der Waals surface area contributed by atoms with Crippen LogP contribution in [0.5, 0.6) is 11.5 Å². The van der Waals surface area contributed by atoms with Gasteiger partial charge in [0, 0.05) is 18.7 Å². The van der Waals surface area contributed by atoms with Crippen LogP contribution in [-0.2, 0) is 9.59 Å². The lowest BCUT2D eigenvalue weighted by atomic mass is 10.1. The molecule has 2 amide bonds. The zero-order valence-electron chi connectivity index (χ0n) is 16.5. The average Bonchev–Trinajstić information content (AvgIpc) is 2.66. The van der Waals surface area contributed by atoms with Gasteiger partial charge >= 0.3 is 0 Å². The quantitative estimate of drug-likeness (QED) is 0.791. The van der Waals surface area contributed by atoms with Gasteiger partial charge in [-0.25, -0.2) is 0 Å². The summed E-state index contributed by atoms with van der Waals surface area (Å²) >= 11 is 0. The van der Waals surface area contributed by atoms with Crippen molar-refractivity contribution in [1.82, 2.24) is 0 Å². The molecule has 0 spiro atoms. The molecule has 0 bridgehead atoms. The molecular formula is C22H26N2O4. The number of hydrogen-bond donors (Lipinski definition) is 1. The summed E-state index contributed by atoms with van der Waals surface area (Å²) in [5.74, 6) is 1.61. The van der Waals surface area contributed by atoms with E-state index in [-0.39, 0.29) is 24.8 Å². The van der Waals surface area contributed by atoms with E-state index < -0.39 is 0 Å². The number of aryl methyl sites for hydroxylation is 1. The molecule has 0 saturated heterocycles. The Bertz CT molecular complexity index is 846. The van der Waals surface area contributed by atoms with Crippen molar-refractivity contribution in [2.24, 2.45) is 5.92 Å². The molecule has 2 aromatic carbocycles. The van der Waals surface area contributed by atoms with Crippen LogP contribution in [0, 0.1) is 12.8 Å². The van der Waals surface area contributed by atoms with Gasteiger partial charge in [-0.3, -0.25) is 9.59 Å².